The number of ether oxygens (including phenoxy) is 2. The average molecular weight is 431 g/mol. The Bertz CT molecular complexity index is 1050. The third-order valence-electron chi connectivity index (χ3n) is 5.46. The second kappa shape index (κ2) is 8.39. The van der Waals surface area contributed by atoms with Crippen molar-refractivity contribution in [3.8, 4) is 23.1 Å². The standard InChI is InChI=1S/C21H23ClN4O4/c1-12-7-8-13(19-24-20(30-25-19)16-9-14(22)10-23-16)11-26(12)21(27)15-5-4-6-17(28-2)18(15)29-3/h4-6,9-10,12-13,23H,7-8,11H2,1-3H3. The van der Waals surface area contributed by atoms with Crippen molar-refractivity contribution in [3.63, 3.8) is 0 Å². The zero-order chi connectivity index (χ0) is 21.3. The molecule has 2 atom stereocenters. The molecule has 0 saturated carbocycles. The first-order valence-corrected chi connectivity index (χ1v) is 10.1. The molecule has 1 fully saturated rings. The molecule has 1 amide bonds. The minimum absolute atomic E-state index is 0.0234. The molecule has 30 heavy (non-hydrogen) atoms. The number of aromatic amines is 1. The lowest BCUT2D eigenvalue weighted by Crippen LogP contribution is -2.45. The summed E-state index contributed by atoms with van der Waals surface area (Å²) in [6.07, 6.45) is 3.36. The lowest BCUT2D eigenvalue weighted by atomic mass is 9.92. The Balaban J connectivity index is 1.57. The zero-order valence-electron chi connectivity index (χ0n) is 17.0. The van der Waals surface area contributed by atoms with Gasteiger partial charge in [0.25, 0.3) is 11.8 Å². The Morgan fingerprint density at radius 3 is 2.83 bits per heavy atom. The van der Waals surface area contributed by atoms with Gasteiger partial charge >= 0.3 is 0 Å². The number of benzene rings is 1. The molecule has 3 aromatic rings. The van der Waals surface area contributed by atoms with E-state index in [-0.39, 0.29) is 17.9 Å². The van der Waals surface area contributed by atoms with Gasteiger partial charge in [-0.05, 0) is 38.0 Å². The number of carbonyl (C=O) groups is 1. The Hall–Kier alpha value is -3.00. The summed E-state index contributed by atoms with van der Waals surface area (Å²) in [5.41, 5.74) is 1.14. The van der Waals surface area contributed by atoms with Crippen LogP contribution in [0.15, 0.2) is 35.0 Å². The normalized spacial score (nSPS) is 19.0. The molecule has 0 radical (unpaired) electrons. The fourth-order valence-electron chi connectivity index (χ4n) is 3.81. The number of hydrogen-bond acceptors (Lipinski definition) is 6. The number of carbonyl (C=O) groups excluding carboxylic acids is 1. The molecule has 1 saturated heterocycles. The van der Waals surface area contributed by atoms with E-state index >= 15 is 0 Å². The van der Waals surface area contributed by atoms with Crippen LogP contribution < -0.4 is 9.47 Å². The summed E-state index contributed by atoms with van der Waals surface area (Å²) in [7, 11) is 3.08. The average Bonchev–Trinajstić information content (AvgIpc) is 3.42. The van der Waals surface area contributed by atoms with E-state index in [1.54, 1.807) is 37.6 Å². The maximum atomic E-state index is 13.4. The fraction of sp³-hybridized carbons (Fsp3) is 0.381. The first-order valence-electron chi connectivity index (χ1n) is 9.71. The van der Waals surface area contributed by atoms with Gasteiger partial charge in [0.15, 0.2) is 17.3 Å². The highest BCUT2D eigenvalue weighted by Crippen LogP contribution is 2.35. The number of hydrogen-bond donors (Lipinski definition) is 1. The van der Waals surface area contributed by atoms with Crippen molar-refractivity contribution in [1.82, 2.24) is 20.0 Å². The van der Waals surface area contributed by atoms with Crippen LogP contribution in [0.2, 0.25) is 5.02 Å². The SMILES string of the molecule is COc1cccc(C(=O)N2CC(c3noc(-c4cc(Cl)c[nH]4)n3)CCC2C)c1OC. The van der Waals surface area contributed by atoms with Gasteiger partial charge in [-0.1, -0.05) is 22.8 Å². The largest absolute Gasteiger partial charge is 0.493 e. The van der Waals surface area contributed by atoms with Gasteiger partial charge < -0.3 is 23.9 Å². The lowest BCUT2D eigenvalue weighted by Gasteiger charge is -2.37. The van der Waals surface area contributed by atoms with Crippen LogP contribution in [0.4, 0.5) is 0 Å². The Labute approximate surface area is 179 Å². The van der Waals surface area contributed by atoms with Crippen molar-refractivity contribution in [2.75, 3.05) is 20.8 Å². The van der Waals surface area contributed by atoms with Crippen LogP contribution in [-0.4, -0.2) is 52.7 Å². The van der Waals surface area contributed by atoms with Gasteiger partial charge in [0, 0.05) is 24.7 Å². The van der Waals surface area contributed by atoms with Gasteiger partial charge in [0.1, 0.15) is 5.69 Å². The highest BCUT2D eigenvalue weighted by atomic mass is 35.5. The van der Waals surface area contributed by atoms with Crippen molar-refractivity contribution in [2.45, 2.75) is 31.7 Å². The van der Waals surface area contributed by atoms with Crippen LogP contribution in [-0.2, 0) is 0 Å². The molecule has 158 valence electrons. The third kappa shape index (κ3) is 3.75. The number of H-pyrrole nitrogens is 1. The van der Waals surface area contributed by atoms with Crippen molar-refractivity contribution < 1.29 is 18.8 Å². The number of halogens is 1. The number of methoxy groups -OCH3 is 2. The van der Waals surface area contributed by atoms with Gasteiger partial charge in [0.2, 0.25) is 0 Å². The Kier molecular flexibility index (Phi) is 5.67. The number of nitrogens with one attached hydrogen (secondary N) is 1. The van der Waals surface area contributed by atoms with Crippen LogP contribution in [0.25, 0.3) is 11.6 Å². The zero-order valence-corrected chi connectivity index (χ0v) is 17.8. The summed E-state index contributed by atoms with van der Waals surface area (Å²) in [6.45, 7) is 2.54. The van der Waals surface area contributed by atoms with E-state index in [0.29, 0.717) is 46.0 Å². The third-order valence-corrected chi connectivity index (χ3v) is 5.68. The highest BCUT2D eigenvalue weighted by Gasteiger charge is 2.34. The number of piperidine rings is 1. The topological polar surface area (TPSA) is 93.5 Å². The second-order valence-electron chi connectivity index (χ2n) is 7.31. The van der Waals surface area contributed by atoms with E-state index in [1.807, 2.05) is 11.8 Å². The molecular formula is C21H23ClN4O4. The van der Waals surface area contributed by atoms with Gasteiger partial charge in [0.05, 0.1) is 24.8 Å². The van der Waals surface area contributed by atoms with Gasteiger partial charge in [-0.25, -0.2) is 0 Å². The van der Waals surface area contributed by atoms with E-state index in [1.165, 1.54) is 7.11 Å². The summed E-state index contributed by atoms with van der Waals surface area (Å²) < 4.78 is 16.2. The van der Waals surface area contributed by atoms with Crippen LogP contribution in [0.3, 0.4) is 0 Å². The lowest BCUT2D eigenvalue weighted by molar-refractivity contribution is 0.0601. The van der Waals surface area contributed by atoms with Crippen molar-refractivity contribution >= 4 is 17.5 Å². The summed E-state index contributed by atoms with van der Waals surface area (Å²) in [5, 5.41) is 4.72. The molecule has 0 aliphatic carbocycles. The first-order chi connectivity index (χ1) is 14.5. The molecule has 1 aliphatic rings. The molecule has 1 N–H and O–H groups in total. The van der Waals surface area contributed by atoms with Gasteiger partial charge in [-0.3, -0.25) is 4.79 Å². The number of nitrogens with zero attached hydrogens (tertiary/aromatic N) is 3. The predicted molar refractivity (Wildman–Crippen MR) is 111 cm³/mol. The van der Waals surface area contributed by atoms with Crippen molar-refractivity contribution in [2.24, 2.45) is 0 Å². The molecule has 0 spiro atoms. The molecule has 9 heteroatoms. The van der Waals surface area contributed by atoms with Crippen LogP contribution in [0, 0.1) is 0 Å². The highest BCUT2D eigenvalue weighted by molar-refractivity contribution is 6.30. The molecule has 2 unspecified atom stereocenters. The summed E-state index contributed by atoms with van der Waals surface area (Å²) in [6, 6.07) is 7.12. The quantitative estimate of drug-likeness (QED) is 0.653. The van der Waals surface area contributed by atoms with E-state index in [4.69, 9.17) is 25.6 Å². The molecule has 8 nitrogen and oxygen atoms in total. The van der Waals surface area contributed by atoms with E-state index in [2.05, 4.69) is 15.1 Å². The fourth-order valence-corrected chi connectivity index (χ4v) is 3.98. The van der Waals surface area contributed by atoms with Crippen LogP contribution >= 0.6 is 11.6 Å². The monoisotopic (exact) mass is 430 g/mol. The van der Waals surface area contributed by atoms with E-state index < -0.39 is 0 Å². The molecule has 3 heterocycles. The number of aromatic nitrogens is 3. The maximum absolute atomic E-state index is 13.4. The maximum Gasteiger partial charge on any atom is 0.274 e. The molecule has 2 aromatic heterocycles. The summed E-state index contributed by atoms with van der Waals surface area (Å²) in [4.78, 5) is 22.7. The molecule has 0 bridgehead atoms. The van der Waals surface area contributed by atoms with Crippen molar-refractivity contribution in [1.29, 1.82) is 0 Å². The number of para-hydroxylation sites is 1. The molecule has 4 rings (SSSR count). The smallest absolute Gasteiger partial charge is 0.274 e. The van der Waals surface area contributed by atoms with E-state index in [0.717, 1.165) is 12.8 Å². The van der Waals surface area contributed by atoms with E-state index in [9.17, 15) is 4.79 Å². The number of rotatable bonds is 5. The first kappa shape index (κ1) is 20.3. The van der Waals surface area contributed by atoms with Crippen molar-refractivity contribution in [3.05, 3.63) is 46.9 Å². The van der Waals surface area contributed by atoms with Gasteiger partial charge in [-0.15, -0.1) is 0 Å². The summed E-state index contributed by atoms with van der Waals surface area (Å²) >= 11 is 5.96. The molecule has 1 aromatic carbocycles. The van der Waals surface area contributed by atoms with Gasteiger partial charge in [-0.2, -0.15) is 4.98 Å². The second-order valence-corrected chi connectivity index (χ2v) is 7.75. The number of likely N-dealkylation sites (tertiary alicyclic amines) is 1. The predicted octanol–water partition coefficient (Wildman–Crippen LogP) is 4.14. The van der Waals surface area contributed by atoms with Crippen LogP contribution in [0.5, 0.6) is 11.5 Å². The Morgan fingerprint density at radius 1 is 1.30 bits per heavy atom. The minimum Gasteiger partial charge on any atom is -0.493 e. The molecular weight excluding hydrogens is 408 g/mol. The van der Waals surface area contributed by atoms with Crippen LogP contribution in [0.1, 0.15) is 41.9 Å². The minimum atomic E-state index is -0.109. The Morgan fingerprint density at radius 2 is 2.13 bits per heavy atom. The number of amides is 1. The molecule has 1 aliphatic heterocycles. The summed E-state index contributed by atoms with van der Waals surface area (Å²) in [5.74, 6) is 1.79.